The quantitative estimate of drug-likeness (QED) is 0.333. The Bertz CT molecular complexity index is 776. The maximum atomic E-state index is 12.4. The summed E-state index contributed by atoms with van der Waals surface area (Å²) in [6.07, 6.45) is 1.53. The van der Waals surface area contributed by atoms with Crippen molar-refractivity contribution in [1.82, 2.24) is 4.98 Å². The summed E-state index contributed by atoms with van der Waals surface area (Å²) in [5.41, 5.74) is 8.59. The number of aromatic nitrogens is 1. The molecule has 1 heterocycles. The zero-order valence-electron chi connectivity index (χ0n) is 11.4. The van der Waals surface area contributed by atoms with Crippen molar-refractivity contribution in [1.29, 1.82) is 10.7 Å². The van der Waals surface area contributed by atoms with Crippen LogP contribution in [0.3, 0.4) is 0 Å². The van der Waals surface area contributed by atoms with Gasteiger partial charge in [0.1, 0.15) is 11.8 Å². The fourth-order valence-corrected chi connectivity index (χ4v) is 1.68. The third kappa shape index (κ3) is 3.32. The maximum absolute atomic E-state index is 12.4. The number of carbonyl (C=O) groups excluding carboxylic acids is 1. The van der Waals surface area contributed by atoms with Crippen LogP contribution in [0.2, 0.25) is 0 Å². The summed E-state index contributed by atoms with van der Waals surface area (Å²) in [7, 11) is 0. The molecule has 0 saturated carbocycles. The van der Waals surface area contributed by atoms with Crippen molar-refractivity contribution in [3.63, 3.8) is 0 Å². The van der Waals surface area contributed by atoms with Crippen molar-refractivity contribution < 1.29 is 4.79 Å². The SMILES string of the molecule is N#C/C(=N\Nc1ccccc1C(=O)c1ccccn1)C(=N)N. The van der Waals surface area contributed by atoms with Crippen molar-refractivity contribution in [3.05, 3.63) is 59.9 Å². The Morgan fingerprint density at radius 1 is 1.27 bits per heavy atom. The van der Waals surface area contributed by atoms with Crippen LogP contribution in [0.25, 0.3) is 0 Å². The molecule has 0 aliphatic rings. The van der Waals surface area contributed by atoms with Crippen LogP contribution in [0.1, 0.15) is 16.1 Å². The van der Waals surface area contributed by atoms with E-state index in [4.69, 9.17) is 16.4 Å². The lowest BCUT2D eigenvalue weighted by Gasteiger charge is -2.07. The number of nitrogens with zero attached hydrogens (tertiary/aromatic N) is 3. The molecule has 0 saturated heterocycles. The summed E-state index contributed by atoms with van der Waals surface area (Å²) < 4.78 is 0. The van der Waals surface area contributed by atoms with Crippen molar-refractivity contribution in [2.45, 2.75) is 0 Å². The highest BCUT2D eigenvalue weighted by molar-refractivity contribution is 6.45. The van der Waals surface area contributed by atoms with Gasteiger partial charge >= 0.3 is 0 Å². The molecule has 1 aromatic carbocycles. The first-order chi connectivity index (χ1) is 10.6. The van der Waals surface area contributed by atoms with E-state index in [-0.39, 0.29) is 11.5 Å². The van der Waals surface area contributed by atoms with Crippen LogP contribution in [0.4, 0.5) is 5.69 Å². The van der Waals surface area contributed by atoms with Gasteiger partial charge < -0.3 is 5.73 Å². The molecule has 0 fully saturated rings. The second kappa shape index (κ2) is 6.76. The molecule has 0 atom stereocenters. The number of para-hydroxylation sites is 1. The molecule has 2 aromatic rings. The molecule has 0 unspecified atom stereocenters. The van der Waals surface area contributed by atoms with Gasteiger partial charge in [0.2, 0.25) is 11.5 Å². The molecule has 0 aliphatic carbocycles. The summed E-state index contributed by atoms with van der Waals surface area (Å²) in [6.45, 7) is 0. The molecule has 22 heavy (non-hydrogen) atoms. The van der Waals surface area contributed by atoms with Crippen molar-refractivity contribution >= 4 is 23.0 Å². The van der Waals surface area contributed by atoms with E-state index in [9.17, 15) is 4.79 Å². The molecule has 1 aromatic heterocycles. The number of rotatable bonds is 5. The zero-order valence-corrected chi connectivity index (χ0v) is 11.4. The maximum Gasteiger partial charge on any atom is 0.213 e. The lowest BCUT2D eigenvalue weighted by Crippen LogP contribution is -2.22. The van der Waals surface area contributed by atoms with Gasteiger partial charge in [-0.15, -0.1) is 0 Å². The van der Waals surface area contributed by atoms with Gasteiger partial charge in [-0.2, -0.15) is 10.4 Å². The number of ketones is 1. The number of pyridine rings is 1. The van der Waals surface area contributed by atoms with Crippen LogP contribution in [0.5, 0.6) is 0 Å². The number of hydrazone groups is 1. The van der Waals surface area contributed by atoms with Gasteiger partial charge in [0, 0.05) is 11.8 Å². The monoisotopic (exact) mass is 292 g/mol. The number of anilines is 1. The minimum Gasteiger partial charge on any atom is -0.382 e. The minimum atomic E-state index is -0.455. The molecular formula is C15H12N6O. The predicted octanol–water partition coefficient (Wildman–Crippen LogP) is 1.54. The second-order valence-electron chi connectivity index (χ2n) is 4.19. The minimum absolute atomic E-state index is 0.264. The van der Waals surface area contributed by atoms with E-state index in [0.29, 0.717) is 16.9 Å². The molecule has 0 amide bonds. The molecule has 0 bridgehead atoms. The zero-order chi connectivity index (χ0) is 15.9. The Morgan fingerprint density at radius 2 is 2.00 bits per heavy atom. The summed E-state index contributed by atoms with van der Waals surface area (Å²) in [6, 6.07) is 13.4. The second-order valence-corrected chi connectivity index (χ2v) is 4.19. The number of benzene rings is 1. The third-order valence-electron chi connectivity index (χ3n) is 2.72. The normalized spacial score (nSPS) is 10.6. The molecular weight excluding hydrogens is 280 g/mol. The number of carbonyl (C=O) groups is 1. The Hall–Kier alpha value is -3.53. The molecule has 0 spiro atoms. The highest BCUT2D eigenvalue weighted by atomic mass is 16.1. The average Bonchev–Trinajstić information content (AvgIpc) is 2.55. The Labute approximate surface area is 126 Å². The summed E-state index contributed by atoms with van der Waals surface area (Å²) in [4.78, 5) is 16.4. The lowest BCUT2D eigenvalue weighted by atomic mass is 10.1. The van der Waals surface area contributed by atoms with Gasteiger partial charge in [-0.3, -0.25) is 20.6 Å². The van der Waals surface area contributed by atoms with Crippen LogP contribution in [-0.4, -0.2) is 22.3 Å². The van der Waals surface area contributed by atoms with Crippen molar-refractivity contribution in [3.8, 4) is 6.07 Å². The van der Waals surface area contributed by atoms with Crippen LogP contribution in [0.15, 0.2) is 53.8 Å². The van der Waals surface area contributed by atoms with Crippen LogP contribution < -0.4 is 11.2 Å². The fourth-order valence-electron chi connectivity index (χ4n) is 1.68. The van der Waals surface area contributed by atoms with Gasteiger partial charge in [-0.05, 0) is 24.3 Å². The number of nitrogens with two attached hydrogens (primary N) is 1. The molecule has 7 heteroatoms. The number of amidine groups is 1. The van der Waals surface area contributed by atoms with Crippen molar-refractivity contribution in [2.75, 3.05) is 5.43 Å². The first-order valence-electron chi connectivity index (χ1n) is 6.26. The van der Waals surface area contributed by atoms with E-state index >= 15 is 0 Å². The van der Waals surface area contributed by atoms with Crippen LogP contribution in [-0.2, 0) is 0 Å². The Morgan fingerprint density at radius 3 is 2.64 bits per heavy atom. The van der Waals surface area contributed by atoms with E-state index in [2.05, 4.69) is 15.5 Å². The standard InChI is InChI=1S/C15H12N6O/c16-9-13(15(17)18)21-20-11-6-2-1-5-10(11)14(22)12-7-3-4-8-19-12/h1-8,20H,(H3,17,18)/b21-13+. The first-order valence-corrected chi connectivity index (χ1v) is 6.26. The topological polar surface area (TPSA) is 128 Å². The predicted molar refractivity (Wildman–Crippen MR) is 82.7 cm³/mol. The number of hydrogen-bond acceptors (Lipinski definition) is 6. The molecule has 2 rings (SSSR count). The van der Waals surface area contributed by atoms with Gasteiger partial charge in [0.25, 0.3) is 0 Å². The van der Waals surface area contributed by atoms with E-state index in [1.165, 1.54) is 6.20 Å². The van der Waals surface area contributed by atoms with E-state index in [0.717, 1.165) is 0 Å². The molecule has 4 N–H and O–H groups in total. The van der Waals surface area contributed by atoms with Crippen LogP contribution in [0, 0.1) is 16.7 Å². The van der Waals surface area contributed by atoms with Crippen molar-refractivity contribution in [2.24, 2.45) is 10.8 Å². The highest BCUT2D eigenvalue weighted by Gasteiger charge is 2.14. The van der Waals surface area contributed by atoms with E-state index in [1.54, 1.807) is 48.5 Å². The van der Waals surface area contributed by atoms with Gasteiger partial charge in [-0.25, -0.2) is 0 Å². The first kappa shape index (κ1) is 14.9. The van der Waals surface area contributed by atoms with Gasteiger partial charge in [0.05, 0.1) is 5.69 Å². The number of hydrogen-bond donors (Lipinski definition) is 3. The summed E-state index contributed by atoms with van der Waals surface area (Å²) in [5, 5.41) is 19.7. The molecule has 108 valence electrons. The fraction of sp³-hybridized carbons (Fsp3) is 0. The Kier molecular flexibility index (Phi) is 4.57. The van der Waals surface area contributed by atoms with E-state index in [1.807, 2.05) is 0 Å². The van der Waals surface area contributed by atoms with Crippen LogP contribution >= 0.6 is 0 Å². The van der Waals surface area contributed by atoms with Gasteiger partial charge in [-0.1, -0.05) is 18.2 Å². The number of nitrogens with one attached hydrogen (secondary N) is 2. The third-order valence-corrected chi connectivity index (χ3v) is 2.72. The number of nitriles is 1. The lowest BCUT2D eigenvalue weighted by molar-refractivity contribution is 0.103. The Balaban J connectivity index is 2.34. The smallest absolute Gasteiger partial charge is 0.213 e. The highest BCUT2D eigenvalue weighted by Crippen LogP contribution is 2.18. The molecule has 0 radical (unpaired) electrons. The molecule has 0 aliphatic heterocycles. The molecule has 7 nitrogen and oxygen atoms in total. The largest absolute Gasteiger partial charge is 0.382 e. The van der Waals surface area contributed by atoms with E-state index < -0.39 is 5.84 Å². The summed E-state index contributed by atoms with van der Waals surface area (Å²) in [5.74, 6) is -0.733. The average molecular weight is 292 g/mol. The summed E-state index contributed by atoms with van der Waals surface area (Å²) >= 11 is 0. The van der Waals surface area contributed by atoms with Gasteiger partial charge in [0.15, 0.2) is 5.84 Å².